The van der Waals surface area contributed by atoms with E-state index in [2.05, 4.69) is 0 Å². The molecule has 0 radical (unpaired) electrons. The summed E-state index contributed by atoms with van der Waals surface area (Å²) in [6.45, 7) is 3.13. The Hall–Kier alpha value is -0.380. The minimum atomic E-state index is -0.0406. The molecule has 2 atom stereocenters. The van der Waals surface area contributed by atoms with Crippen LogP contribution in [0.15, 0.2) is 12.2 Å². The fourth-order valence-corrected chi connectivity index (χ4v) is 0.687. The molecule has 0 aromatic heterocycles. The second-order valence-electron chi connectivity index (χ2n) is 2.18. The number of ether oxygens (including phenoxy) is 2. The largest absolute Gasteiger partial charge is 0.346 e. The molecule has 0 spiro atoms. The van der Waals surface area contributed by atoms with Gasteiger partial charge in [-0.05, 0) is 6.92 Å². The first-order valence-corrected chi connectivity index (χ1v) is 3.46. The molecule has 3 heteroatoms. The van der Waals surface area contributed by atoms with E-state index in [1.54, 1.807) is 0 Å². The van der Waals surface area contributed by atoms with Gasteiger partial charge in [-0.25, -0.2) is 0 Å². The molecule has 3 nitrogen and oxygen atoms in total. The van der Waals surface area contributed by atoms with E-state index in [0.29, 0.717) is 13.2 Å². The predicted octanol–water partition coefficient (Wildman–Crippen LogP) is 0.263. The van der Waals surface area contributed by atoms with E-state index < -0.39 is 0 Å². The summed E-state index contributed by atoms with van der Waals surface area (Å²) in [4.78, 5) is 0. The third-order valence-corrected chi connectivity index (χ3v) is 1.36. The molecule has 10 heavy (non-hydrogen) atoms. The molecule has 1 aliphatic heterocycles. The summed E-state index contributed by atoms with van der Waals surface area (Å²) < 4.78 is 10.2. The molecule has 1 heterocycles. The van der Waals surface area contributed by atoms with Gasteiger partial charge in [0.25, 0.3) is 0 Å². The van der Waals surface area contributed by atoms with Gasteiger partial charge in [0, 0.05) is 6.54 Å². The van der Waals surface area contributed by atoms with Crippen molar-refractivity contribution in [3.8, 4) is 0 Å². The number of hydrogen-bond donors (Lipinski definition) is 1. The SMILES string of the molecule is C/C=C\COC1OC1CN. The molecule has 1 rings (SSSR count). The highest BCUT2D eigenvalue weighted by molar-refractivity contribution is 4.81. The maximum Gasteiger partial charge on any atom is 0.186 e. The van der Waals surface area contributed by atoms with Crippen molar-refractivity contribution >= 4 is 0 Å². The molecule has 1 saturated heterocycles. The van der Waals surface area contributed by atoms with Gasteiger partial charge >= 0.3 is 0 Å². The summed E-state index contributed by atoms with van der Waals surface area (Å²) in [5.74, 6) is 0. The van der Waals surface area contributed by atoms with E-state index in [0.717, 1.165) is 0 Å². The zero-order valence-electron chi connectivity index (χ0n) is 6.12. The van der Waals surface area contributed by atoms with E-state index in [-0.39, 0.29) is 12.4 Å². The van der Waals surface area contributed by atoms with Crippen molar-refractivity contribution in [3.05, 3.63) is 12.2 Å². The lowest BCUT2D eigenvalue weighted by Crippen LogP contribution is -2.11. The van der Waals surface area contributed by atoms with Crippen LogP contribution in [-0.2, 0) is 9.47 Å². The van der Waals surface area contributed by atoms with Crippen molar-refractivity contribution in [3.63, 3.8) is 0 Å². The van der Waals surface area contributed by atoms with Gasteiger partial charge in [0.2, 0.25) is 0 Å². The maximum absolute atomic E-state index is 5.31. The topological polar surface area (TPSA) is 47.8 Å². The summed E-state index contributed by atoms with van der Waals surface area (Å²) in [7, 11) is 0. The Balaban J connectivity index is 1.96. The first kappa shape index (κ1) is 7.72. The molecule has 58 valence electrons. The summed E-state index contributed by atoms with van der Waals surface area (Å²) in [5.41, 5.74) is 5.31. The average Bonchev–Trinajstić information content (AvgIpc) is 2.68. The molecule has 0 aromatic rings. The molecule has 1 aliphatic rings. The Labute approximate surface area is 60.8 Å². The molecular formula is C7H13NO2. The quantitative estimate of drug-likeness (QED) is 0.453. The molecule has 0 saturated carbocycles. The Kier molecular flexibility index (Phi) is 2.86. The van der Waals surface area contributed by atoms with E-state index in [9.17, 15) is 0 Å². The second-order valence-corrected chi connectivity index (χ2v) is 2.18. The maximum atomic E-state index is 5.31. The van der Waals surface area contributed by atoms with Gasteiger partial charge in [-0.1, -0.05) is 12.2 Å². The Morgan fingerprint density at radius 3 is 3.00 bits per heavy atom. The van der Waals surface area contributed by atoms with Crippen LogP contribution >= 0.6 is 0 Å². The molecule has 1 fully saturated rings. The number of nitrogens with two attached hydrogens (primary N) is 1. The van der Waals surface area contributed by atoms with Crippen molar-refractivity contribution in [1.82, 2.24) is 0 Å². The molecule has 0 aromatic carbocycles. The van der Waals surface area contributed by atoms with Gasteiger partial charge in [0.1, 0.15) is 6.10 Å². The van der Waals surface area contributed by atoms with Gasteiger partial charge in [0.15, 0.2) is 6.29 Å². The highest BCUT2D eigenvalue weighted by atomic mass is 16.8. The van der Waals surface area contributed by atoms with Crippen molar-refractivity contribution in [2.75, 3.05) is 13.2 Å². The van der Waals surface area contributed by atoms with Crippen LogP contribution in [0.25, 0.3) is 0 Å². The lowest BCUT2D eigenvalue weighted by molar-refractivity contribution is 0.0695. The minimum Gasteiger partial charge on any atom is -0.346 e. The Morgan fingerprint density at radius 1 is 1.70 bits per heavy atom. The third-order valence-electron chi connectivity index (χ3n) is 1.36. The Morgan fingerprint density at radius 2 is 2.50 bits per heavy atom. The van der Waals surface area contributed by atoms with Gasteiger partial charge in [0.05, 0.1) is 6.61 Å². The van der Waals surface area contributed by atoms with Gasteiger partial charge in [-0.2, -0.15) is 0 Å². The standard InChI is InChI=1S/C7H13NO2/c1-2-3-4-9-7-6(5-8)10-7/h2-3,6-7H,4-5,8H2,1H3/b3-2-. The summed E-state index contributed by atoms with van der Waals surface area (Å²) in [6, 6.07) is 0. The van der Waals surface area contributed by atoms with Crippen molar-refractivity contribution in [2.45, 2.75) is 19.3 Å². The van der Waals surface area contributed by atoms with Crippen LogP contribution in [0.5, 0.6) is 0 Å². The highest BCUT2D eigenvalue weighted by Gasteiger charge is 2.38. The van der Waals surface area contributed by atoms with Crippen molar-refractivity contribution in [2.24, 2.45) is 5.73 Å². The smallest absolute Gasteiger partial charge is 0.186 e. The van der Waals surface area contributed by atoms with Crippen LogP contribution in [0.3, 0.4) is 0 Å². The second kappa shape index (κ2) is 3.71. The predicted molar refractivity (Wildman–Crippen MR) is 38.5 cm³/mol. The van der Waals surface area contributed by atoms with Crippen LogP contribution in [0.1, 0.15) is 6.92 Å². The lowest BCUT2D eigenvalue weighted by atomic mass is 10.5. The van der Waals surface area contributed by atoms with E-state index >= 15 is 0 Å². The van der Waals surface area contributed by atoms with Gasteiger partial charge in [-0.15, -0.1) is 0 Å². The summed E-state index contributed by atoms with van der Waals surface area (Å²) in [6.07, 6.45) is 3.99. The van der Waals surface area contributed by atoms with E-state index in [4.69, 9.17) is 15.2 Å². The molecule has 0 aliphatic carbocycles. The zero-order valence-corrected chi connectivity index (χ0v) is 6.12. The average molecular weight is 143 g/mol. The molecule has 2 unspecified atom stereocenters. The van der Waals surface area contributed by atoms with Crippen LogP contribution in [0.2, 0.25) is 0 Å². The molecular weight excluding hydrogens is 130 g/mol. The first-order chi connectivity index (χ1) is 4.88. The van der Waals surface area contributed by atoms with Gasteiger partial charge in [-0.3, -0.25) is 0 Å². The minimum absolute atomic E-state index is 0.0406. The van der Waals surface area contributed by atoms with Crippen molar-refractivity contribution in [1.29, 1.82) is 0 Å². The zero-order chi connectivity index (χ0) is 7.40. The summed E-state index contributed by atoms with van der Waals surface area (Å²) in [5, 5.41) is 0. The van der Waals surface area contributed by atoms with E-state index in [1.807, 2.05) is 19.1 Å². The lowest BCUT2D eigenvalue weighted by Gasteiger charge is -1.91. The number of allylic oxidation sites excluding steroid dienone is 1. The van der Waals surface area contributed by atoms with E-state index in [1.165, 1.54) is 0 Å². The summed E-state index contributed by atoms with van der Waals surface area (Å²) >= 11 is 0. The van der Waals surface area contributed by atoms with Crippen LogP contribution < -0.4 is 5.73 Å². The molecule has 2 N–H and O–H groups in total. The third kappa shape index (κ3) is 2.10. The van der Waals surface area contributed by atoms with Crippen LogP contribution in [-0.4, -0.2) is 25.5 Å². The normalized spacial score (nSPS) is 31.4. The van der Waals surface area contributed by atoms with Crippen LogP contribution in [0.4, 0.5) is 0 Å². The monoisotopic (exact) mass is 143 g/mol. The van der Waals surface area contributed by atoms with Crippen LogP contribution in [0, 0.1) is 0 Å². The molecule has 0 bridgehead atoms. The number of epoxide rings is 1. The Bertz CT molecular complexity index is 125. The fourth-order valence-electron chi connectivity index (χ4n) is 0.687. The number of rotatable bonds is 4. The molecule has 0 amide bonds. The number of hydrogen-bond acceptors (Lipinski definition) is 3. The first-order valence-electron chi connectivity index (χ1n) is 3.46. The highest BCUT2D eigenvalue weighted by Crippen LogP contribution is 2.21. The van der Waals surface area contributed by atoms with Crippen molar-refractivity contribution < 1.29 is 9.47 Å². The van der Waals surface area contributed by atoms with Gasteiger partial charge < -0.3 is 15.2 Å². The fraction of sp³-hybridized carbons (Fsp3) is 0.714.